The SMILES string of the molecule is COc1nc(C)ccc1-c1cc(N[C@@H]2CCOC2)c2c(cnn2C(C)C)n1. The first-order valence-electron chi connectivity index (χ1n) is 9.31. The van der Waals surface area contributed by atoms with Crippen molar-refractivity contribution in [3.8, 4) is 17.1 Å². The molecular formula is C20H25N5O2. The number of hydrogen-bond acceptors (Lipinski definition) is 6. The molecule has 7 heteroatoms. The Morgan fingerprint density at radius 3 is 2.85 bits per heavy atom. The number of nitrogens with zero attached hydrogens (tertiary/aromatic N) is 4. The van der Waals surface area contributed by atoms with Gasteiger partial charge in [-0.3, -0.25) is 4.68 Å². The number of nitrogens with one attached hydrogen (secondary N) is 1. The molecule has 0 amide bonds. The lowest BCUT2D eigenvalue weighted by Gasteiger charge is -2.17. The van der Waals surface area contributed by atoms with Gasteiger partial charge < -0.3 is 14.8 Å². The topological polar surface area (TPSA) is 74.1 Å². The minimum Gasteiger partial charge on any atom is -0.480 e. The van der Waals surface area contributed by atoms with Crippen molar-refractivity contribution in [2.75, 3.05) is 25.6 Å². The summed E-state index contributed by atoms with van der Waals surface area (Å²) in [6.45, 7) is 7.69. The highest BCUT2D eigenvalue weighted by molar-refractivity contribution is 5.91. The summed E-state index contributed by atoms with van der Waals surface area (Å²) in [4.78, 5) is 9.34. The number of rotatable bonds is 5. The average molecular weight is 367 g/mol. The van der Waals surface area contributed by atoms with E-state index in [4.69, 9.17) is 14.5 Å². The third-order valence-electron chi connectivity index (χ3n) is 4.80. The lowest BCUT2D eigenvalue weighted by atomic mass is 10.1. The Morgan fingerprint density at radius 2 is 2.15 bits per heavy atom. The molecule has 27 heavy (non-hydrogen) atoms. The highest BCUT2D eigenvalue weighted by Crippen LogP contribution is 2.34. The summed E-state index contributed by atoms with van der Waals surface area (Å²) in [7, 11) is 1.63. The lowest BCUT2D eigenvalue weighted by molar-refractivity contribution is 0.195. The van der Waals surface area contributed by atoms with Crippen molar-refractivity contribution in [2.45, 2.75) is 39.3 Å². The van der Waals surface area contributed by atoms with Crippen LogP contribution in [0.5, 0.6) is 5.88 Å². The molecule has 0 spiro atoms. The van der Waals surface area contributed by atoms with Gasteiger partial charge in [0.25, 0.3) is 0 Å². The number of methoxy groups -OCH3 is 1. The molecule has 0 radical (unpaired) electrons. The van der Waals surface area contributed by atoms with E-state index in [2.05, 4.69) is 35.3 Å². The smallest absolute Gasteiger partial charge is 0.222 e. The van der Waals surface area contributed by atoms with Gasteiger partial charge in [0.05, 0.1) is 42.9 Å². The largest absolute Gasteiger partial charge is 0.480 e. The maximum Gasteiger partial charge on any atom is 0.222 e. The van der Waals surface area contributed by atoms with E-state index in [0.717, 1.165) is 46.7 Å². The third-order valence-corrected chi connectivity index (χ3v) is 4.80. The van der Waals surface area contributed by atoms with Gasteiger partial charge in [-0.2, -0.15) is 5.10 Å². The van der Waals surface area contributed by atoms with E-state index in [1.807, 2.05) is 29.9 Å². The number of aryl methyl sites for hydroxylation is 1. The van der Waals surface area contributed by atoms with Crippen LogP contribution >= 0.6 is 0 Å². The van der Waals surface area contributed by atoms with Crippen molar-refractivity contribution in [1.82, 2.24) is 19.7 Å². The quantitative estimate of drug-likeness (QED) is 0.743. The van der Waals surface area contributed by atoms with Crippen LogP contribution in [0, 0.1) is 6.92 Å². The fourth-order valence-electron chi connectivity index (χ4n) is 3.45. The Morgan fingerprint density at radius 1 is 1.30 bits per heavy atom. The Hall–Kier alpha value is -2.67. The van der Waals surface area contributed by atoms with Crippen LogP contribution in [-0.4, -0.2) is 46.1 Å². The lowest BCUT2D eigenvalue weighted by Crippen LogP contribution is -2.20. The Balaban J connectivity index is 1.87. The molecule has 1 aliphatic heterocycles. The molecule has 0 bridgehead atoms. The number of anilines is 1. The summed E-state index contributed by atoms with van der Waals surface area (Å²) in [5, 5.41) is 8.19. The zero-order valence-electron chi connectivity index (χ0n) is 16.2. The van der Waals surface area contributed by atoms with Gasteiger partial charge in [0, 0.05) is 18.3 Å². The molecule has 142 valence electrons. The molecule has 0 unspecified atom stereocenters. The number of ether oxygens (including phenoxy) is 2. The van der Waals surface area contributed by atoms with Gasteiger partial charge in [-0.05, 0) is 45.4 Å². The minimum absolute atomic E-state index is 0.242. The molecule has 1 fully saturated rings. The standard InChI is InChI=1S/C20H25N5O2/c1-12(2)25-19-17(23-14-7-8-27-11-14)9-16(24-18(19)10-21-25)15-6-5-13(3)22-20(15)26-4/h5-6,9-10,12,14H,7-8,11H2,1-4H3,(H,23,24)/t14-/m1/s1. The summed E-state index contributed by atoms with van der Waals surface area (Å²) in [5.74, 6) is 0.577. The second-order valence-corrected chi connectivity index (χ2v) is 7.19. The van der Waals surface area contributed by atoms with Gasteiger partial charge in [-0.25, -0.2) is 9.97 Å². The molecule has 7 nitrogen and oxygen atoms in total. The fraction of sp³-hybridized carbons (Fsp3) is 0.450. The summed E-state index contributed by atoms with van der Waals surface area (Å²) in [6, 6.07) is 6.57. The first-order valence-corrected chi connectivity index (χ1v) is 9.31. The van der Waals surface area contributed by atoms with Crippen LogP contribution in [0.3, 0.4) is 0 Å². The van der Waals surface area contributed by atoms with Crippen molar-refractivity contribution < 1.29 is 9.47 Å². The van der Waals surface area contributed by atoms with Crippen LogP contribution in [0.4, 0.5) is 5.69 Å². The van der Waals surface area contributed by atoms with Crippen LogP contribution in [0.15, 0.2) is 24.4 Å². The van der Waals surface area contributed by atoms with Crippen LogP contribution in [0.25, 0.3) is 22.3 Å². The van der Waals surface area contributed by atoms with E-state index < -0.39 is 0 Å². The molecule has 1 aliphatic rings. The molecule has 0 aliphatic carbocycles. The predicted molar refractivity (Wildman–Crippen MR) is 105 cm³/mol. The third kappa shape index (κ3) is 3.35. The van der Waals surface area contributed by atoms with Crippen molar-refractivity contribution in [2.24, 2.45) is 0 Å². The van der Waals surface area contributed by atoms with E-state index in [9.17, 15) is 0 Å². The zero-order chi connectivity index (χ0) is 19.0. The van der Waals surface area contributed by atoms with Gasteiger partial charge >= 0.3 is 0 Å². The van der Waals surface area contributed by atoms with E-state index in [0.29, 0.717) is 12.5 Å². The van der Waals surface area contributed by atoms with Gasteiger partial charge in [0.15, 0.2) is 0 Å². The molecule has 0 aromatic carbocycles. The molecule has 3 aromatic heterocycles. The number of aromatic nitrogens is 4. The van der Waals surface area contributed by atoms with E-state index >= 15 is 0 Å². The highest BCUT2D eigenvalue weighted by atomic mass is 16.5. The summed E-state index contributed by atoms with van der Waals surface area (Å²) in [5.41, 5.74) is 5.47. The Bertz CT molecular complexity index is 960. The van der Waals surface area contributed by atoms with Gasteiger partial charge in [-0.1, -0.05) is 0 Å². The van der Waals surface area contributed by atoms with Gasteiger partial charge in [0.1, 0.15) is 11.0 Å². The molecule has 1 saturated heterocycles. The second-order valence-electron chi connectivity index (χ2n) is 7.19. The first kappa shape index (κ1) is 17.7. The first-order chi connectivity index (χ1) is 13.1. The molecule has 1 atom stereocenters. The summed E-state index contributed by atoms with van der Waals surface area (Å²) >= 11 is 0. The van der Waals surface area contributed by atoms with E-state index in [-0.39, 0.29) is 12.1 Å². The zero-order valence-corrected chi connectivity index (χ0v) is 16.2. The van der Waals surface area contributed by atoms with Crippen LogP contribution < -0.4 is 10.1 Å². The van der Waals surface area contributed by atoms with E-state index in [1.54, 1.807) is 7.11 Å². The maximum absolute atomic E-state index is 5.53. The van der Waals surface area contributed by atoms with Crippen LogP contribution in [0.2, 0.25) is 0 Å². The molecule has 4 rings (SSSR count). The van der Waals surface area contributed by atoms with Crippen LogP contribution in [0.1, 0.15) is 32.0 Å². The van der Waals surface area contributed by atoms with Crippen molar-refractivity contribution in [3.05, 3.63) is 30.1 Å². The monoisotopic (exact) mass is 367 g/mol. The van der Waals surface area contributed by atoms with E-state index in [1.165, 1.54) is 0 Å². The number of pyridine rings is 2. The highest BCUT2D eigenvalue weighted by Gasteiger charge is 2.21. The summed E-state index contributed by atoms with van der Waals surface area (Å²) in [6.07, 6.45) is 2.81. The fourth-order valence-corrected chi connectivity index (χ4v) is 3.45. The Labute approximate surface area is 158 Å². The summed E-state index contributed by atoms with van der Waals surface area (Å²) < 4.78 is 13.0. The average Bonchev–Trinajstić information content (AvgIpc) is 3.31. The van der Waals surface area contributed by atoms with Crippen molar-refractivity contribution >= 4 is 16.7 Å². The van der Waals surface area contributed by atoms with Crippen molar-refractivity contribution in [3.63, 3.8) is 0 Å². The second kappa shape index (κ2) is 7.15. The number of hydrogen-bond donors (Lipinski definition) is 1. The van der Waals surface area contributed by atoms with Crippen molar-refractivity contribution in [1.29, 1.82) is 0 Å². The maximum atomic E-state index is 5.53. The molecule has 0 saturated carbocycles. The van der Waals surface area contributed by atoms with Gasteiger partial charge in [-0.15, -0.1) is 0 Å². The van der Waals surface area contributed by atoms with Gasteiger partial charge in [0.2, 0.25) is 5.88 Å². The number of fused-ring (bicyclic) bond motifs is 1. The van der Waals surface area contributed by atoms with Crippen LogP contribution in [-0.2, 0) is 4.74 Å². The normalized spacial score (nSPS) is 17.0. The Kier molecular flexibility index (Phi) is 4.70. The predicted octanol–water partition coefficient (Wildman–Crippen LogP) is 3.59. The molecule has 4 heterocycles. The minimum atomic E-state index is 0.242. The molecule has 1 N–H and O–H groups in total. The molecule has 3 aromatic rings. The molecular weight excluding hydrogens is 342 g/mol.